The Bertz CT molecular complexity index is 620. The van der Waals surface area contributed by atoms with Crippen LogP contribution in [-0.2, 0) is 0 Å². The van der Waals surface area contributed by atoms with Gasteiger partial charge >= 0.3 is 0 Å². The third-order valence-electron chi connectivity index (χ3n) is 3.49. The molecular formula is C16H17Cl2N. The molecule has 2 aromatic carbocycles. The molecule has 1 atom stereocenters. The summed E-state index contributed by atoms with van der Waals surface area (Å²) in [4.78, 5) is 0. The largest absolute Gasteiger partial charge is 0.320 e. The number of aryl methyl sites for hydroxylation is 3. The lowest BCUT2D eigenvalue weighted by Gasteiger charge is -2.17. The Morgan fingerprint density at radius 1 is 0.842 bits per heavy atom. The molecule has 0 aliphatic rings. The van der Waals surface area contributed by atoms with Crippen molar-refractivity contribution in [3.05, 3.63) is 68.2 Å². The third-order valence-corrected chi connectivity index (χ3v) is 4.24. The SMILES string of the molecule is Cc1cc(Cl)c(C(N)c2ccc(Cl)c(C)c2)cc1C. The van der Waals surface area contributed by atoms with Gasteiger partial charge in [-0.1, -0.05) is 41.4 Å². The molecule has 3 heteroatoms. The van der Waals surface area contributed by atoms with Gasteiger partial charge in [0.25, 0.3) is 0 Å². The van der Waals surface area contributed by atoms with E-state index in [1.54, 1.807) is 0 Å². The van der Waals surface area contributed by atoms with Gasteiger partial charge in [0.1, 0.15) is 0 Å². The normalized spacial score (nSPS) is 12.5. The van der Waals surface area contributed by atoms with Crippen LogP contribution in [0.4, 0.5) is 0 Å². The van der Waals surface area contributed by atoms with E-state index in [1.807, 2.05) is 38.1 Å². The molecule has 0 fully saturated rings. The van der Waals surface area contributed by atoms with Crippen LogP contribution in [0.15, 0.2) is 30.3 Å². The molecule has 0 spiro atoms. The average molecular weight is 294 g/mol. The van der Waals surface area contributed by atoms with E-state index in [-0.39, 0.29) is 6.04 Å². The monoisotopic (exact) mass is 293 g/mol. The molecule has 2 rings (SSSR count). The number of benzene rings is 2. The molecule has 1 unspecified atom stereocenters. The molecule has 2 aromatic rings. The van der Waals surface area contributed by atoms with E-state index in [9.17, 15) is 0 Å². The molecule has 0 saturated carbocycles. The summed E-state index contributed by atoms with van der Waals surface area (Å²) in [7, 11) is 0. The van der Waals surface area contributed by atoms with Gasteiger partial charge in [-0.25, -0.2) is 0 Å². The predicted molar refractivity (Wildman–Crippen MR) is 83.1 cm³/mol. The highest BCUT2D eigenvalue weighted by molar-refractivity contribution is 6.31. The van der Waals surface area contributed by atoms with Gasteiger partial charge in [-0.3, -0.25) is 0 Å². The quantitative estimate of drug-likeness (QED) is 0.831. The van der Waals surface area contributed by atoms with Crippen LogP contribution in [0.5, 0.6) is 0 Å². The number of hydrogen-bond acceptors (Lipinski definition) is 1. The maximum atomic E-state index is 6.33. The van der Waals surface area contributed by atoms with Crippen molar-refractivity contribution in [1.29, 1.82) is 0 Å². The fourth-order valence-electron chi connectivity index (χ4n) is 2.08. The van der Waals surface area contributed by atoms with E-state index in [0.29, 0.717) is 5.02 Å². The predicted octanol–water partition coefficient (Wildman–Crippen LogP) is 4.97. The van der Waals surface area contributed by atoms with E-state index < -0.39 is 0 Å². The Hall–Kier alpha value is -1.02. The summed E-state index contributed by atoms with van der Waals surface area (Å²) in [6, 6.07) is 9.63. The van der Waals surface area contributed by atoms with Crippen molar-refractivity contribution in [1.82, 2.24) is 0 Å². The van der Waals surface area contributed by atoms with Crippen molar-refractivity contribution in [3.8, 4) is 0 Å². The molecule has 0 heterocycles. The number of rotatable bonds is 2. The van der Waals surface area contributed by atoms with Crippen LogP contribution in [0.2, 0.25) is 10.0 Å². The molecule has 0 bridgehead atoms. The minimum Gasteiger partial charge on any atom is -0.320 e. The molecule has 0 amide bonds. The summed E-state index contributed by atoms with van der Waals surface area (Å²) >= 11 is 12.4. The summed E-state index contributed by atoms with van der Waals surface area (Å²) in [6.07, 6.45) is 0. The van der Waals surface area contributed by atoms with Crippen LogP contribution in [0.25, 0.3) is 0 Å². The van der Waals surface area contributed by atoms with Crippen molar-refractivity contribution in [2.24, 2.45) is 5.73 Å². The lowest BCUT2D eigenvalue weighted by atomic mass is 9.95. The first-order chi connectivity index (χ1) is 8.90. The first-order valence-electron chi connectivity index (χ1n) is 6.18. The van der Waals surface area contributed by atoms with Crippen LogP contribution in [0.1, 0.15) is 33.9 Å². The summed E-state index contributed by atoms with van der Waals surface area (Å²) in [5.74, 6) is 0. The van der Waals surface area contributed by atoms with Crippen molar-refractivity contribution in [3.63, 3.8) is 0 Å². The van der Waals surface area contributed by atoms with E-state index in [4.69, 9.17) is 28.9 Å². The van der Waals surface area contributed by atoms with E-state index in [0.717, 1.165) is 21.7 Å². The minimum atomic E-state index is -0.234. The molecule has 0 aliphatic heterocycles. The van der Waals surface area contributed by atoms with E-state index in [1.165, 1.54) is 11.1 Å². The van der Waals surface area contributed by atoms with Crippen LogP contribution in [0, 0.1) is 20.8 Å². The molecule has 0 radical (unpaired) electrons. The van der Waals surface area contributed by atoms with Crippen LogP contribution in [-0.4, -0.2) is 0 Å². The summed E-state index contributed by atoms with van der Waals surface area (Å²) in [5.41, 5.74) is 11.7. The second-order valence-electron chi connectivity index (χ2n) is 4.94. The molecule has 19 heavy (non-hydrogen) atoms. The fraction of sp³-hybridized carbons (Fsp3) is 0.250. The topological polar surface area (TPSA) is 26.0 Å². The number of hydrogen-bond donors (Lipinski definition) is 1. The minimum absolute atomic E-state index is 0.234. The fourth-order valence-corrected chi connectivity index (χ4v) is 2.54. The van der Waals surface area contributed by atoms with E-state index in [2.05, 4.69) is 13.0 Å². The van der Waals surface area contributed by atoms with Gasteiger partial charge < -0.3 is 5.73 Å². The summed E-state index contributed by atoms with van der Waals surface area (Å²) in [6.45, 7) is 6.08. The molecular weight excluding hydrogens is 277 g/mol. The average Bonchev–Trinajstić information content (AvgIpc) is 2.36. The van der Waals surface area contributed by atoms with Gasteiger partial charge in [-0.05, 0) is 60.7 Å². The van der Waals surface area contributed by atoms with Gasteiger partial charge in [-0.2, -0.15) is 0 Å². The molecule has 0 aliphatic carbocycles. The second kappa shape index (κ2) is 5.54. The van der Waals surface area contributed by atoms with Gasteiger partial charge in [0.05, 0.1) is 6.04 Å². The Balaban J connectivity index is 2.46. The van der Waals surface area contributed by atoms with E-state index >= 15 is 0 Å². The van der Waals surface area contributed by atoms with Gasteiger partial charge in [0.2, 0.25) is 0 Å². The standard InChI is InChI=1S/C16H17Cl2N/c1-9-7-13(15(18)8-10(9)2)16(19)12-4-5-14(17)11(3)6-12/h4-8,16H,19H2,1-3H3. The third kappa shape index (κ3) is 2.94. The van der Waals surface area contributed by atoms with Crippen molar-refractivity contribution >= 4 is 23.2 Å². The van der Waals surface area contributed by atoms with Gasteiger partial charge in [0.15, 0.2) is 0 Å². The first kappa shape index (κ1) is 14.4. The van der Waals surface area contributed by atoms with Crippen molar-refractivity contribution in [2.75, 3.05) is 0 Å². The number of nitrogens with two attached hydrogens (primary N) is 1. The Kier molecular flexibility index (Phi) is 4.19. The highest BCUT2D eigenvalue weighted by Crippen LogP contribution is 2.30. The highest BCUT2D eigenvalue weighted by atomic mass is 35.5. The second-order valence-corrected chi connectivity index (χ2v) is 5.76. The Labute approximate surface area is 124 Å². The highest BCUT2D eigenvalue weighted by Gasteiger charge is 2.14. The van der Waals surface area contributed by atoms with Crippen LogP contribution in [0.3, 0.4) is 0 Å². The number of halogens is 2. The molecule has 2 N–H and O–H groups in total. The molecule has 0 saturated heterocycles. The summed E-state index contributed by atoms with van der Waals surface area (Å²) < 4.78 is 0. The molecule has 0 aromatic heterocycles. The summed E-state index contributed by atoms with van der Waals surface area (Å²) in [5, 5.41) is 1.46. The Morgan fingerprint density at radius 3 is 2.11 bits per heavy atom. The van der Waals surface area contributed by atoms with Gasteiger partial charge in [-0.15, -0.1) is 0 Å². The first-order valence-corrected chi connectivity index (χ1v) is 6.94. The lowest BCUT2D eigenvalue weighted by molar-refractivity contribution is 0.867. The maximum Gasteiger partial charge on any atom is 0.0566 e. The van der Waals surface area contributed by atoms with Gasteiger partial charge in [0, 0.05) is 10.0 Å². The molecule has 100 valence electrons. The van der Waals surface area contributed by atoms with Crippen molar-refractivity contribution < 1.29 is 0 Å². The van der Waals surface area contributed by atoms with Crippen LogP contribution >= 0.6 is 23.2 Å². The molecule has 1 nitrogen and oxygen atoms in total. The maximum absolute atomic E-state index is 6.33. The lowest BCUT2D eigenvalue weighted by Crippen LogP contribution is -2.13. The smallest absolute Gasteiger partial charge is 0.0566 e. The van der Waals surface area contributed by atoms with Crippen molar-refractivity contribution in [2.45, 2.75) is 26.8 Å². The van der Waals surface area contributed by atoms with Crippen LogP contribution < -0.4 is 5.73 Å². The zero-order chi connectivity index (χ0) is 14.2. The Morgan fingerprint density at radius 2 is 1.47 bits per heavy atom. The zero-order valence-electron chi connectivity index (χ0n) is 11.3. The zero-order valence-corrected chi connectivity index (χ0v) is 12.8.